The highest BCUT2D eigenvalue weighted by Gasteiger charge is 2.13. The van der Waals surface area contributed by atoms with Crippen molar-refractivity contribution in [2.75, 3.05) is 26.4 Å². The Bertz CT molecular complexity index is 406. The maximum Gasteiger partial charge on any atom is 0.335 e. The zero-order valence-electron chi connectivity index (χ0n) is 11.1. The smallest absolute Gasteiger partial charge is 0.335 e. The molecule has 0 aliphatic rings. The Balaban J connectivity index is 0.000000441. The molecule has 7 heteroatoms. The first-order valence-electron chi connectivity index (χ1n) is 5.81. The molecule has 1 rings (SSSR count). The molecule has 20 heavy (non-hydrogen) atoms. The Morgan fingerprint density at radius 3 is 1.70 bits per heavy atom. The summed E-state index contributed by atoms with van der Waals surface area (Å²) in [4.78, 5) is 21.2. The predicted octanol–water partition coefficient (Wildman–Crippen LogP) is 0.379. The van der Waals surface area contributed by atoms with Gasteiger partial charge >= 0.3 is 11.9 Å². The van der Waals surface area contributed by atoms with Crippen LogP contribution in [-0.4, -0.2) is 58.8 Å². The van der Waals surface area contributed by atoms with Crippen LogP contribution in [0.5, 0.6) is 0 Å². The van der Waals surface area contributed by atoms with Gasteiger partial charge in [-0.3, -0.25) is 0 Å². The topological polar surface area (TPSA) is 124 Å². The predicted molar refractivity (Wildman–Crippen MR) is 70.1 cm³/mol. The number of rotatable bonds is 6. The largest absolute Gasteiger partial charge is 0.478 e. The van der Waals surface area contributed by atoms with Gasteiger partial charge in [0.25, 0.3) is 0 Å². The molecule has 1 aromatic rings. The van der Waals surface area contributed by atoms with Crippen LogP contribution < -0.4 is 0 Å². The van der Waals surface area contributed by atoms with Crippen molar-refractivity contribution in [3.63, 3.8) is 0 Å². The Kier molecular flexibility index (Phi) is 8.93. The van der Waals surface area contributed by atoms with Gasteiger partial charge in [0.1, 0.15) is 0 Å². The number of aliphatic hydroxyl groups is 2. The van der Waals surface area contributed by atoms with Crippen LogP contribution in [0.15, 0.2) is 18.2 Å². The number of carboxylic acid groups (broad SMARTS) is 2. The maximum atomic E-state index is 10.6. The lowest BCUT2D eigenvalue weighted by Gasteiger charge is -2.03. The van der Waals surface area contributed by atoms with E-state index >= 15 is 0 Å². The number of hydrogen-bond donors (Lipinski definition) is 4. The van der Waals surface area contributed by atoms with E-state index in [-0.39, 0.29) is 29.9 Å². The molecule has 0 spiro atoms. The lowest BCUT2D eigenvalue weighted by Crippen LogP contribution is -2.06. The summed E-state index contributed by atoms with van der Waals surface area (Å²) in [5.41, 5.74) is 0.335. The summed E-state index contributed by atoms with van der Waals surface area (Å²) < 4.78 is 4.63. The van der Waals surface area contributed by atoms with E-state index in [0.717, 1.165) is 0 Å². The molecule has 0 atom stereocenters. The molecular formula is C13H18O7. The highest BCUT2D eigenvalue weighted by molar-refractivity contribution is 5.96. The molecule has 0 heterocycles. The number of hydrogen-bond acceptors (Lipinski definition) is 5. The summed E-state index contributed by atoms with van der Waals surface area (Å²) in [5, 5.41) is 33.5. The third-order valence-corrected chi connectivity index (χ3v) is 2.27. The van der Waals surface area contributed by atoms with E-state index in [1.54, 1.807) is 0 Å². The first-order chi connectivity index (χ1) is 9.45. The van der Waals surface area contributed by atoms with Gasteiger partial charge in [-0.15, -0.1) is 0 Å². The van der Waals surface area contributed by atoms with Crippen molar-refractivity contribution in [1.82, 2.24) is 0 Å². The molecule has 0 unspecified atom stereocenters. The second-order valence-electron chi connectivity index (χ2n) is 3.65. The third kappa shape index (κ3) is 6.28. The van der Waals surface area contributed by atoms with Gasteiger partial charge < -0.3 is 25.2 Å². The minimum Gasteiger partial charge on any atom is -0.478 e. The monoisotopic (exact) mass is 286 g/mol. The molecule has 1 aromatic carbocycles. The van der Waals surface area contributed by atoms with E-state index in [4.69, 9.17) is 20.4 Å². The molecule has 0 fully saturated rings. The van der Waals surface area contributed by atoms with Gasteiger partial charge in [-0.2, -0.15) is 0 Å². The summed E-state index contributed by atoms with van der Waals surface area (Å²) in [6.07, 6.45) is 0. The fourth-order valence-corrected chi connectivity index (χ4v) is 1.33. The van der Waals surface area contributed by atoms with Crippen LogP contribution in [-0.2, 0) is 4.74 Å². The highest BCUT2D eigenvalue weighted by atomic mass is 16.5. The second-order valence-corrected chi connectivity index (χ2v) is 3.65. The summed E-state index contributed by atoms with van der Waals surface area (Å²) in [5.74, 6) is -2.22. The molecule has 0 aromatic heterocycles. The van der Waals surface area contributed by atoms with E-state index in [1.165, 1.54) is 25.1 Å². The number of carbonyl (C=O) groups is 2. The molecule has 7 nitrogen and oxygen atoms in total. The molecule has 0 amide bonds. The maximum absolute atomic E-state index is 10.6. The summed E-state index contributed by atoms with van der Waals surface area (Å²) >= 11 is 0. The standard InChI is InChI=1S/C9H8O4.C4H10O3/c1-5-6(8(10)11)3-2-4-7(5)9(12)13;5-1-3-7-4-2-6/h2-4H,1H3,(H,10,11)(H,12,13);5-6H,1-4H2. The van der Waals surface area contributed by atoms with E-state index in [0.29, 0.717) is 13.2 Å². The van der Waals surface area contributed by atoms with Crippen molar-refractivity contribution in [2.45, 2.75) is 6.92 Å². The Labute approximate surface area is 116 Å². The Morgan fingerprint density at radius 2 is 1.40 bits per heavy atom. The van der Waals surface area contributed by atoms with Gasteiger partial charge in [-0.05, 0) is 24.6 Å². The fourth-order valence-electron chi connectivity index (χ4n) is 1.33. The quantitative estimate of drug-likeness (QED) is 0.557. The van der Waals surface area contributed by atoms with Crippen molar-refractivity contribution in [1.29, 1.82) is 0 Å². The van der Waals surface area contributed by atoms with Crippen LogP contribution >= 0.6 is 0 Å². The lowest BCUT2D eigenvalue weighted by molar-refractivity contribution is 0.0650. The summed E-state index contributed by atoms with van der Waals surface area (Å²) in [6, 6.07) is 4.17. The average Bonchev–Trinajstić information content (AvgIpc) is 2.39. The average molecular weight is 286 g/mol. The highest BCUT2D eigenvalue weighted by Crippen LogP contribution is 2.13. The molecule has 0 aliphatic heterocycles. The summed E-state index contributed by atoms with van der Waals surface area (Å²) in [7, 11) is 0. The van der Waals surface area contributed by atoms with Crippen molar-refractivity contribution in [3.8, 4) is 0 Å². The van der Waals surface area contributed by atoms with Crippen LogP contribution in [0.25, 0.3) is 0 Å². The van der Waals surface area contributed by atoms with Crippen LogP contribution in [0.4, 0.5) is 0 Å². The minimum atomic E-state index is -1.11. The van der Waals surface area contributed by atoms with Crippen LogP contribution in [0.1, 0.15) is 26.3 Å². The molecular weight excluding hydrogens is 268 g/mol. The first-order valence-corrected chi connectivity index (χ1v) is 5.81. The van der Waals surface area contributed by atoms with Gasteiger partial charge in [0.15, 0.2) is 0 Å². The normalized spacial score (nSPS) is 9.55. The van der Waals surface area contributed by atoms with Crippen molar-refractivity contribution >= 4 is 11.9 Å². The number of carboxylic acids is 2. The van der Waals surface area contributed by atoms with E-state index in [1.807, 2.05) is 0 Å². The number of benzene rings is 1. The molecule has 0 bridgehead atoms. The van der Waals surface area contributed by atoms with E-state index in [2.05, 4.69) is 4.74 Å². The van der Waals surface area contributed by atoms with Gasteiger partial charge in [-0.1, -0.05) is 6.07 Å². The van der Waals surface area contributed by atoms with Crippen molar-refractivity contribution in [2.24, 2.45) is 0 Å². The second kappa shape index (κ2) is 9.90. The van der Waals surface area contributed by atoms with E-state index in [9.17, 15) is 9.59 Å². The molecule has 0 radical (unpaired) electrons. The number of ether oxygens (including phenoxy) is 1. The van der Waals surface area contributed by atoms with Gasteiger partial charge in [0, 0.05) is 0 Å². The molecule has 112 valence electrons. The Morgan fingerprint density at radius 1 is 1.00 bits per heavy atom. The fraction of sp³-hybridized carbons (Fsp3) is 0.385. The number of aliphatic hydroxyl groups excluding tert-OH is 2. The molecule has 0 saturated carbocycles. The van der Waals surface area contributed by atoms with Crippen molar-refractivity contribution in [3.05, 3.63) is 34.9 Å². The summed E-state index contributed by atoms with van der Waals surface area (Å²) in [6.45, 7) is 2.17. The minimum absolute atomic E-state index is 0.0277. The zero-order chi connectivity index (χ0) is 15.5. The van der Waals surface area contributed by atoms with Gasteiger partial charge in [0.05, 0.1) is 37.6 Å². The SMILES string of the molecule is Cc1c(C(=O)O)cccc1C(=O)O.OCCOCCO. The van der Waals surface area contributed by atoms with Crippen molar-refractivity contribution < 1.29 is 34.8 Å². The van der Waals surface area contributed by atoms with Gasteiger partial charge in [-0.25, -0.2) is 9.59 Å². The lowest BCUT2D eigenvalue weighted by atomic mass is 10.0. The van der Waals surface area contributed by atoms with E-state index < -0.39 is 11.9 Å². The molecule has 0 aliphatic carbocycles. The zero-order valence-corrected chi connectivity index (χ0v) is 11.1. The van der Waals surface area contributed by atoms with Crippen LogP contribution in [0.2, 0.25) is 0 Å². The molecule has 4 N–H and O–H groups in total. The Hall–Kier alpha value is -1.96. The van der Waals surface area contributed by atoms with Gasteiger partial charge in [0.2, 0.25) is 0 Å². The molecule has 0 saturated heterocycles. The van der Waals surface area contributed by atoms with Crippen LogP contribution in [0, 0.1) is 6.92 Å². The first kappa shape index (κ1) is 18.0. The number of aromatic carboxylic acids is 2. The van der Waals surface area contributed by atoms with Crippen LogP contribution in [0.3, 0.4) is 0 Å². The third-order valence-electron chi connectivity index (χ3n) is 2.27.